The van der Waals surface area contributed by atoms with E-state index < -0.39 is 17.7 Å². The molecule has 0 radical (unpaired) electrons. The number of likely N-dealkylation sites (N-methyl/N-ethyl adjacent to an activating group) is 1. The quantitative estimate of drug-likeness (QED) is 0.574. The second-order valence-electron chi connectivity index (χ2n) is 9.71. The van der Waals surface area contributed by atoms with Crippen LogP contribution in [0.3, 0.4) is 0 Å². The monoisotopic (exact) mass is 487 g/mol. The van der Waals surface area contributed by atoms with Gasteiger partial charge in [0.25, 0.3) is 5.91 Å². The van der Waals surface area contributed by atoms with E-state index in [-0.39, 0.29) is 11.8 Å². The smallest absolute Gasteiger partial charge is 0.254 e. The average Bonchev–Trinajstić information content (AvgIpc) is 2.99. The van der Waals surface area contributed by atoms with Crippen molar-refractivity contribution in [2.24, 2.45) is 0 Å². The summed E-state index contributed by atoms with van der Waals surface area (Å²) in [4.78, 5) is 29.3. The fourth-order valence-corrected chi connectivity index (χ4v) is 5.22. The van der Waals surface area contributed by atoms with Crippen molar-refractivity contribution in [2.75, 3.05) is 25.2 Å². The maximum absolute atomic E-state index is 14.4. The number of aryl methyl sites for hydroxylation is 1. The van der Waals surface area contributed by atoms with Crippen LogP contribution in [0.2, 0.25) is 0 Å². The molecule has 2 aliphatic rings. The zero-order chi connectivity index (χ0) is 25.3. The number of amides is 2. The number of carbonyl (C=O) groups excluding carboxylic acids is 2. The van der Waals surface area contributed by atoms with Crippen LogP contribution in [0.25, 0.3) is 10.8 Å². The van der Waals surface area contributed by atoms with Crippen LogP contribution in [0.5, 0.6) is 5.75 Å². The van der Waals surface area contributed by atoms with Gasteiger partial charge < -0.3 is 25.0 Å². The zero-order valence-electron chi connectivity index (χ0n) is 21.0. The van der Waals surface area contributed by atoms with Gasteiger partial charge in [-0.3, -0.25) is 9.59 Å². The largest absolute Gasteiger partial charge is 0.482 e. The number of para-hydroxylation sites is 2. The van der Waals surface area contributed by atoms with Gasteiger partial charge in [0.05, 0.1) is 31.5 Å². The normalized spacial score (nSPS) is 19.9. The molecule has 0 unspecified atom stereocenters. The molecule has 3 aromatic carbocycles. The molecule has 1 fully saturated rings. The predicted octanol–water partition coefficient (Wildman–Crippen LogP) is 3.72. The molecule has 5 rings (SSSR count). The first-order valence-electron chi connectivity index (χ1n) is 12.6. The molecule has 0 aliphatic carbocycles. The number of carbonyl (C=O) groups is 2. The highest BCUT2D eigenvalue weighted by Gasteiger charge is 2.51. The predicted molar refractivity (Wildman–Crippen MR) is 140 cm³/mol. The molecule has 188 valence electrons. The molecule has 0 aromatic heterocycles. The Balaban J connectivity index is 1.63. The molecule has 7 nitrogen and oxygen atoms in total. The van der Waals surface area contributed by atoms with Gasteiger partial charge in [-0.05, 0) is 54.9 Å². The molecular weight excluding hydrogens is 454 g/mol. The summed E-state index contributed by atoms with van der Waals surface area (Å²) in [5, 5.41) is 8.25. The lowest BCUT2D eigenvalue weighted by molar-refractivity contribution is -0.138. The fraction of sp³-hybridized carbons (Fsp3) is 0.379. The van der Waals surface area contributed by atoms with Crippen LogP contribution in [0, 0.1) is 6.92 Å². The molecule has 2 amide bonds. The number of nitrogens with zero attached hydrogens (tertiary/aromatic N) is 1. The van der Waals surface area contributed by atoms with Crippen LogP contribution in [0.1, 0.15) is 30.9 Å². The molecule has 1 saturated heterocycles. The molecule has 2 heterocycles. The van der Waals surface area contributed by atoms with Crippen LogP contribution < -0.4 is 20.3 Å². The minimum absolute atomic E-state index is 0.175. The Bertz CT molecular complexity index is 1280. The third-order valence-corrected chi connectivity index (χ3v) is 7.55. The Labute approximate surface area is 211 Å². The highest BCUT2D eigenvalue weighted by molar-refractivity contribution is 6.03. The summed E-state index contributed by atoms with van der Waals surface area (Å²) in [6, 6.07) is 18.8. The number of anilines is 1. The molecule has 7 heteroatoms. The number of rotatable bonds is 5. The summed E-state index contributed by atoms with van der Waals surface area (Å²) < 4.78 is 12.3. The van der Waals surface area contributed by atoms with Gasteiger partial charge in [0, 0.05) is 12.8 Å². The second-order valence-corrected chi connectivity index (χ2v) is 9.71. The molecule has 0 saturated carbocycles. The Morgan fingerprint density at radius 2 is 1.81 bits per heavy atom. The Morgan fingerprint density at radius 3 is 2.58 bits per heavy atom. The van der Waals surface area contributed by atoms with E-state index in [2.05, 4.69) is 41.8 Å². The third-order valence-electron chi connectivity index (χ3n) is 7.55. The number of hydrogen-bond acceptors (Lipinski definition) is 5. The highest BCUT2D eigenvalue weighted by atomic mass is 16.5. The van der Waals surface area contributed by atoms with E-state index in [0.29, 0.717) is 44.0 Å². The first-order valence-corrected chi connectivity index (χ1v) is 12.6. The van der Waals surface area contributed by atoms with Gasteiger partial charge in [-0.15, -0.1) is 0 Å². The van der Waals surface area contributed by atoms with Crippen LogP contribution in [-0.4, -0.2) is 49.8 Å². The van der Waals surface area contributed by atoms with Crippen molar-refractivity contribution < 1.29 is 19.1 Å². The first-order chi connectivity index (χ1) is 17.4. The summed E-state index contributed by atoms with van der Waals surface area (Å²) in [5.41, 5.74) is 2.00. The number of nitrogens with one attached hydrogen (secondary N) is 2. The highest BCUT2D eigenvalue weighted by Crippen LogP contribution is 2.42. The van der Waals surface area contributed by atoms with E-state index in [1.54, 1.807) is 18.9 Å². The topological polar surface area (TPSA) is 79.9 Å². The number of ether oxygens (including phenoxy) is 2. The maximum atomic E-state index is 14.4. The lowest BCUT2D eigenvalue weighted by Gasteiger charge is -2.41. The number of hydrogen-bond donors (Lipinski definition) is 2. The van der Waals surface area contributed by atoms with Crippen LogP contribution >= 0.6 is 0 Å². The molecule has 2 aliphatic heterocycles. The summed E-state index contributed by atoms with van der Waals surface area (Å²) in [6.07, 6.45) is 1.01. The molecule has 2 atom stereocenters. The van der Waals surface area contributed by atoms with E-state index in [1.165, 1.54) is 0 Å². The Hall–Kier alpha value is -3.42. The summed E-state index contributed by atoms with van der Waals surface area (Å²) in [6.45, 7) is 5.14. The summed E-state index contributed by atoms with van der Waals surface area (Å²) in [7, 11) is 1.73. The van der Waals surface area contributed by atoms with Crippen molar-refractivity contribution in [3.05, 3.63) is 71.8 Å². The lowest BCUT2D eigenvalue weighted by Crippen LogP contribution is -2.65. The molecule has 0 bridgehead atoms. The van der Waals surface area contributed by atoms with Crippen molar-refractivity contribution >= 4 is 28.3 Å². The molecule has 1 spiro atoms. The van der Waals surface area contributed by atoms with Gasteiger partial charge in [-0.1, -0.05) is 48.5 Å². The van der Waals surface area contributed by atoms with Gasteiger partial charge >= 0.3 is 0 Å². The van der Waals surface area contributed by atoms with Crippen molar-refractivity contribution in [1.29, 1.82) is 0 Å². The van der Waals surface area contributed by atoms with Gasteiger partial charge in [0.2, 0.25) is 5.91 Å². The Morgan fingerprint density at radius 1 is 1.08 bits per heavy atom. The number of fused-ring (bicyclic) bond motifs is 2. The van der Waals surface area contributed by atoms with E-state index in [0.717, 1.165) is 21.9 Å². The summed E-state index contributed by atoms with van der Waals surface area (Å²) >= 11 is 0. The molecule has 2 N–H and O–H groups in total. The zero-order valence-corrected chi connectivity index (χ0v) is 21.0. The SMILES string of the molecule is CN[C@@H](C)C(=O)N[C@@H]1C(=O)N(Cc2c(C)ccc3ccccc23)c2ccccc2OC12CCOCC2. The van der Waals surface area contributed by atoms with Crippen LogP contribution in [0.4, 0.5) is 5.69 Å². The van der Waals surface area contributed by atoms with Gasteiger partial charge in [-0.2, -0.15) is 0 Å². The van der Waals surface area contributed by atoms with Crippen LogP contribution in [-0.2, 0) is 20.9 Å². The van der Waals surface area contributed by atoms with Gasteiger partial charge in [-0.25, -0.2) is 0 Å². The van der Waals surface area contributed by atoms with Crippen molar-refractivity contribution in [3.8, 4) is 5.75 Å². The van der Waals surface area contributed by atoms with E-state index in [9.17, 15) is 9.59 Å². The van der Waals surface area contributed by atoms with E-state index >= 15 is 0 Å². The van der Waals surface area contributed by atoms with Crippen molar-refractivity contribution in [2.45, 2.75) is 50.9 Å². The fourth-order valence-electron chi connectivity index (χ4n) is 5.22. The maximum Gasteiger partial charge on any atom is 0.254 e. The average molecular weight is 488 g/mol. The Kier molecular flexibility index (Phi) is 6.69. The molecule has 3 aromatic rings. The van der Waals surface area contributed by atoms with E-state index in [1.807, 2.05) is 36.4 Å². The van der Waals surface area contributed by atoms with Crippen LogP contribution in [0.15, 0.2) is 60.7 Å². The van der Waals surface area contributed by atoms with Gasteiger partial charge in [0.15, 0.2) is 0 Å². The first kappa shape index (κ1) is 24.3. The number of benzene rings is 3. The third kappa shape index (κ3) is 4.33. The van der Waals surface area contributed by atoms with Crippen molar-refractivity contribution in [3.63, 3.8) is 0 Å². The van der Waals surface area contributed by atoms with E-state index in [4.69, 9.17) is 9.47 Å². The van der Waals surface area contributed by atoms with Gasteiger partial charge in [0.1, 0.15) is 17.4 Å². The van der Waals surface area contributed by atoms with Crippen molar-refractivity contribution in [1.82, 2.24) is 10.6 Å². The summed E-state index contributed by atoms with van der Waals surface area (Å²) in [5.74, 6) is 0.229. The second kappa shape index (κ2) is 9.91. The molecule has 36 heavy (non-hydrogen) atoms. The molecular formula is C29H33N3O4. The minimum Gasteiger partial charge on any atom is -0.482 e. The standard InChI is InChI=1S/C29H33N3O4/c1-19-12-13-21-8-4-5-9-22(21)23(19)18-32-24-10-6-7-11-25(24)36-29(14-16-35-17-15-29)26(28(32)34)31-27(33)20(2)30-3/h4-13,20,26,30H,14-18H2,1-3H3,(H,31,33)/t20-,26+/m0/s1. The minimum atomic E-state index is -0.892. The lowest BCUT2D eigenvalue weighted by atomic mass is 9.84.